The van der Waals surface area contributed by atoms with Crippen molar-refractivity contribution in [3.05, 3.63) is 29.3 Å². The lowest BCUT2D eigenvalue weighted by atomic mass is 9.98. The van der Waals surface area contributed by atoms with E-state index in [1.807, 2.05) is 25.1 Å². The molecule has 0 atom stereocenters. The van der Waals surface area contributed by atoms with E-state index >= 15 is 0 Å². The van der Waals surface area contributed by atoms with Gasteiger partial charge < -0.3 is 5.32 Å². The first kappa shape index (κ1) is 17.0. The summed E-state index contributed by atoms with van der Waals surface area (Å²) in [6.07, 6.45) is 2.83. The number of para-hydroxylation sites is 1. The Morgan fingerprint density at radius 2 is 2.00 bits per heavy atom. The molecule has 0 heterocycles. The Morgan fingerprint density at radius 1 is 1.36 bits per heavy atom. The molecule has 1 fully saturated rings. The van der Waals surface area contributed by atoms with Crippen molar-refractivity contribution in [2.45, 2.75) is 45.6 Å². The molecule has 0 bridgehead atoms. The molecule has 0 radical (unpaired) electrons. The van der Waals surface area contributed by atoms with E-state index in [1.54, 1.807) is 0 Å². The highest BCUT2D eigenvalue weighted by Gasteiger charge is 2.36. The number of sulfonamides is 1. The molecule has 0 spiro atoms. The molecular weight excluding hydrogens is 300 g/mol. The Morgan fingerprint density at radius 3 is 2.50 bits per heavy atom. The van der Waals surface area contributed by atoms with Crippen LogP contribution in [0.1, 0.15) is 43.7 Å². The molecule has 1 aromatic rings. The molecule has 22 heavy (non-hydrogen) atoms. The van der Waals surface area contributed by atoms with E-state index in [1.165, 1.54) is 4.31 Å². The normalized spacial score (nSPS) is 15.4. The lowest BCUT2D eigenvalue weighted by Crippen LogP contribution is -2.39. The third kappa shape index (κ3) is 4.08. The molecule has 0 saturated heterocycles. The summed E-state index contributed by atoms with van der Waals surface area (Å²) in [4.78, 5) is 12.3. The molecule has 122 valence electrons. The van der Waals surface area contributed by atoms with Crippen molar-refractivity contribution in [3.63, 3.8) is 0 Å². The van der Waals surface area contributed by atoms with Gasteiger partial charge in [0.2, 0.25) is 15.9 Å². The summed E-state index contributed by atoms with van der Waals surface area (Å²) in [5, 5.41) is 2.90. The maximum atomic E-state index is 12.3. The zero-order valence-corrected chi connectivity index (χ0v) is 14.4. The maximum absolute atomic E-state index is 12.3. The van der Waals surface area contributed by atoms with Crippen molar-refractivity contribution in [2.24, 2.45) is 0 Å². The van der Waals surface area contributed by atoms with Crippen LogP contribution < -0.4 is 5.32 Å². The Kier molecular flexibility index (Phi) is 4.92. The molecule has 1 aromatic carbocycles. The summed E-state index contributed by atoms with van der Waals surface area (Å²) in [6.45, 7) is 5.96. The fourth-order valence-electron chi connectivity index (χ4n) is 2.54. The molecule has 0 unspecified atom stereocenters. The Balaban J connectivity index is 2.16. The van der Waals surface area contributed by atoms with Crippen molar-refractivity contribution in [1.82, 2.24) is 4.31 Å². The second-order valence-corrected chi connectivity index (χ2v) is 8.22. The Labute approximate surface area is 132 Å². The predicted molar refractivity (Wildman–Crippen MR) is 88.5 cm³/mol. The summed E-state index contributed by atoms with van der Waals surface area (Å²) < 4.78 is 24.9. The molecular formula is C16H24N2O3S. The van der Waals surface area contributed by atoms with Gasteiger partial charge in [0.15, 0.2) is 0 Å². The van der Waals surface area contributed by atoms with Crippen LogP contribution in [0.5, 0.6) is 0 Å². The molecule has 1 aliphatic rings. The minimum absolute atomic E-state index is 0.0119. The first-order valence-electron chi connectivity index (χ1n) is 7.56. The van der Waals surface area contributed by atoms with Gasteiger partial charge in [-0.25, -0.2) is 8.42 Å². The minimum Gasteiger partial charge on any atom is -0.324 e. The average molecular weight is 324 g/mol. The predicted octanol–water partition coefficient (Wildman–Crippen LogP) is 2.48. The largest absolute Gasteiger partial charge is 0.324 e. The van der Waals surface area contributed by atoms with Gasteiger partial charge in [0, 0.05) is 11.7 Å². The summed E-state index contributed by atoms with van der Waals surface area (Å²) in [7, 11) is -3.35. The standard InChI is InChI=1S/C16H24N2O3S/c1-11(2)14-7-5-6-12(3)16(14)17-15(19)10-18(13-8-9-13)22(4,20)21/h5-7,11,13H,8-10H2,1-4H3,(H,17,19). The van der Waals surface area contributed by atoms with Crippen LogP contribution in [0.2, 0.25) is 0 Å². The van der Waals surface area contributed by atoms with E-state index in [9.17, 15) is 13.2 Å². The topological polar surface area (TPSA) is 66.5 Å². The number of aryl methyl sites for hydroxylation is 1. The zero-order valence-electron chi connectivity index (χ0n) is 13.6. The van der Waals surface area contributed by atoms with Gasteiger partial charge in [-0.3, -0.25) is 4.79 Å². The number of hydrogen-bond donors (Lipinski definition) is 1. The smallest absolute Gasteiger partial charge is 0.239 e. The molecule has 1 aliphatic carbocycles. The highest BCUT2D eigenvalue weighted by atomic mass is 32.2. The zero-order chi connectivity index (χ0) is 16.5. The number of hydrogen-bond acceptors (Lipinski definition) is 3. The first-order chi connectivity index (χ1) is 10.2. The van der Waals surface area contributed by atoms with Crippen LogP contribution in [0.3, 0.4) is 0 Å². The van der Waals surface area contributed by atoms with Gasteiger partial charge >= 0.3 is 0 Å². The lowest BCUT2D eigenvalue weighted by Gasteiger charge is -2.21. The molecule has 5 nitrogen and oxygen atoms in total. The van der Waals surface area contributed by atoms with Crippen LogP contribution in [0.25, 0.3) is 0 Å². The summed E-state index contributed by atoms with van der Waals surface area (Å²) >= 11 is 0. The van der Waals surface area contributed by atoms with E-state index < -0.39 is 10.0 Å². The molecule has 1 saturated carbocycles. The van der Waals surface area contributed by atoms with Crippen LogP contribution >= 0.6 is 0 Å². The SMILES string of the molecule is Cc1cccc(C(C)C)c1NC(=O)CN(C1CC1)S(C)(=O)=O. The summed E-state index contributed by atoms with van der Waals surface area (Å²) in [5.74, 6) is -0.00170. The van der Waals surface area contributed by atoms with E-state index in [0.717, 1.165) is 35.9 Å². The van der Waals surface area contributed by atoms with Gasteiger partial charge in [0.1, 0.15) is 0 Å². The molecule has 1 amide bonds. The second kappa shape index (κ2) is 6.38. The number of carbonyl (C=O) groups is 1. The van der Waals surface area contributed by atoms with Crippen LogP contribution in [0.15, 0.2) is 18.2 Å². The van der Waals surface area contributed by atoms with Crippen molar-refractivity contribution in [1.29, 1.82) is 0 Å². The third-order valence-corrected chi connectivity index (χ3v) is 5.15. The number of carbonyl (C=O) groups excluding carboxylic acids is 1. The monoisotopic (exact) mass is 324 g/mol. The number of nitrogens with zero attached hydrogens (tertiary/aromatic N) is 1. The Bertz CT molecular complexity index is 664. The van der Waals surface area contributed by atoms with Crippen molar-refractivity contribution in [2.75, 3.05) is 18.1 Å². The van der Waals surface area contributed by atoms with Gasteiger partial charge in [-0.15, -0.1) is 0 Å². The quantitative estimate of drug-likeness (QED) is 0.874. The van der Waals surface area contributed by atoms with Gasteiger partial charge in [-0.1, -0.05) is 32.0 Å². The summed E-state index contributed by atoms with van der Waals surface area (Å²) in [5.41, 5.74) is 2.84. The number of amides is 1. The van der Waals surface area contributed by atoms with Crippen molar-refractivity contribution < 1.29 is 13.2 Å². The number of rotatable bonds is 6. The van der Waals surface area contributed by atoms with Crippen LogP contribution in [0.4, 0.5) is 5.69 Å². The highest BCUT2D eigenvalue weighted by molar-refractivity contribution is 7.88. The Hall–Kier alpha value is -1.40. The van der Waals surface area contributed by atoms with Gasteiger partial charge in [0.25, 0.3) is 0 Å². The fraction of sp³-hybridized carbons (Fsp3) is 0.562. The van der Waals surface area contributed by atoms with Crippen LogP contribution in [-0.4, -0.2) is 37.5 Å². The van der Waals surface area contributed by atoms with Gasteiger partial charge in [0.05, 0.1) is 12.8 Å². The van der Waals surface area contributed by atoms with E-state index in [2.05, 4.69) is 19.2 Å². The molecule has 0 aliphatic heterocycles. The van der Waals surface area contributed by atoms with Gasteiger partial charge in [-0.05, 0) is 36.8 Å². The average Bonchev–Trinajstić information content (AvgIpc) is 3.21. The minimum atomic E-state index is -3.35. The third-order valence-electron chi connectivity index (χ3n) is 3.87. The van der Waals surface area contributed by atoms with E-state index in [0.29, 0.717) is 0 Å². The number of nitrogens with one attached hydrogen (secondary N) is 1. The van der Waals surface area contributed by atoms with E-state index in [-0.39, 0.29) is 24.4 Å². The van der Waals surface area contributed by atoms with Crippen molar-refractivity contribution >= 4 is 21.6 Å². The van der Waals surface area contributed by atoms with Gasteiger partial charge in [-0.2, -0.15) is 4.31 Å². The van der Waals surface area contributed by atoms with Crippen LogP contribution in [0, 0.1) is 6.92 Å². The molecule has 1 N–H and O–H groups in total. The summed E-state index contributed by atoms with van der Waals surface area (Å²) in [6, 6.07) is 5.88. The highest BCUT2D eigenvalue weighted by Crippen LogP contribution is 2.30. The van der Waals surface area contributed by atoms with E-state index in [4.69, 9.17) is 0 Å². The van der Waals surface area contributed by atoms with Crippen LogP contribution in [-0.2, 0) is 14.8 Å². The first-order valence-corrected chi connectivity index (χ1v) is 9.41. The van der Waals surface area contributed by atoms with Crippen molar-refractivity contribution in [3.8, 4) is 0 Å². The molecule has 0 aromatic heterocycles. The molecule has 2 rings (SSSR count). The lowest BCUT2D eigenvalue weighted by molar-refractivity contribution is -0.116. The number of anilines is 1. The fourth-order valence-corrected chi connectivity index (χ4v) is 3.65. The molecule has 6 heteroatoms. The maximum Gasteiger partial charge on any atom is 0.239 e. The number of benzene rings is 1. The second-order valence-electron chi connectivity index (χ2n) is 6.28.